The molecule has 0 amide bonds. The van der Waals surface area contributed by atoms with Gasteiger partial charge in [0.05, 0.1) is 4.99 Å². The zero-order valence-electron chi connectivity index (χ0n) is 11.5. The molecule has 0 fully saturated rings. The van der Waals surface area contributed by atoms with E-state index in [0.29, 0.717) is 0 Å². The molecular weight excluding hydrogens is 238 g/mol. The van der Waals surface area contributed by atoms with Crippen LogP contribution in [0.2, 0.25) is 0 Å². The Labute approximate surface area is 117 Å². The van der Waals surface area contributed by atoms with E-state index in [9.17, 15) is 0 Å². The zero-order valence-corrected chi connectivity index (χ0v) is 12.3. The third-order valence-electron chi connectivity index (χ3n) is 3.09. The monoisotopic (exact) mass is 263 g/mol. The second-order valence-corrected chi connectivity index (χ2v) is 5.27. The maximum absolute atomic E-state index is 5.34. The second-order valence-electron chi connectivity index (χ2n) is 4.78. The van der Waals surface area contributed by atoms with E-state index in [1.165, 1.54) is 44.1 Å². The first-order chi connectivity index (χ1) is 8.83. The van der Waals surface area contributed by atoms with E-state index >= 15 is 0 Å². The molecule has 0 aliphatic carbocycles. The van der Waals surface area contributed by atoms with Crippen molar-refractivity contribution in [3.63, 3.8) is 0 Å². The van der Waals surface area contributed by atoms with Crippen LogP contribution in [-0.2, 0) is 6.54 Å². The van der Waals surface area contributed by atoms with Crippen molar-refractivity contribution >= 4 is 17.2 Å². The van der Waals surface area contributed by atoms with Gasteiger partial charge in [0.2, 0.25) is 0 Å². The maximum Gasteiger partial charge on any atom is 0.0756 e. The summed E-state index contributed by atoms with van der Waals surface area (Å²) in [6.07, 6.45) is 9.00. The van der Waals surface area contributed by atoms with Crippen LogP contribution in [0.3, 0.4) is 0 Å². The minimum atomic E-state index is 0.857. The van der Waals surface area contributed by atoms with Gasteiger partial charge in [-0.15, -0.1) is 0 Å². The van der Waals surface area contributed by atoms with Gasteiger partial charge in [-0.2, -0.15) is 0 Å². The van der Waals surface area contributed by atoms with E-state index in [1.807, 2.05) is 6.07 Å². The molecule has 1 rings (SSSR count). The van der Waals surface area contributed by atoms with Crippen molar-refractivity contribution < 1.29 is 0 Å². The molecule has 0 aliphatic rings. The Morgan fingerprint density at radius 2 is 1.67 bits per heavy atom. The normalized spacial score (nSPS) is 10.3. The van der Waals surface area contributed by atoms with Crippen molar-refractivity contribution in [2.75, 3.05) is 0 Å². The van der Waals surface area contributed by atoms with Crippen LogP contribution in [-0.4, -0.2) is 4.99 Å². The summed E-state index contributed by atoms with van der Waals surface area (Å²) >= 11 is 5.34. The number of nitrogens with one attached hydrogen (secondary N) is 1. The van der Waals surface area contributed by atoms with Crippen molar-refractivity contribution in [2.24, 2.45) is 0 Å². The number of hydrogen-bond donors (Lipinski definition) is 1. The van der Waals surface area contributed by atoms with Gasteiger partial charge in [-0.3, -0.25) is 0 Å². The van der Waals surface area contributed by atoms with E-state index < -0.39 is 0 Å². The molecule has 0 saturated heterocycles. The fourth-order valence-electron chi connectivity index (χ4n) is 1.95. The van der Waals surface area contributed by atoms with Gasteiger partial charge >= 0.3 is 0 Å². The Morgan fingerprint density at radius 1 is 1.00 bits per heavy atom. The van der Waals surface area contributed by atoms with Gasteiger partial charge in [0, 0.05) is 6.54 Å². The molecule has 100 valence electrons. The highest BCUT2D eigenvalue weighted by Gasteiger charge is 1.97. The fraction of sp³-hybridized carbons (Fsp3) is 0.562. The van der Waals surface area contributed by atoms with Gasteiger partial charge in [0.25, 0.3) is 0 Å². The lowest BCUT2D eigenvalue weighted by Gasteiger charge is -2.07. The number of unbranched alkanes of at least 4 members (excludes halogenated alkanes) is 5. The molecular formula is C16H25NS. The van der Waals surface area contributed by atoms with Gasteiger partial charge in [-0.05, 0) is 18.4 Å². The molecule has 18 heavy (non-hydrogen) atoms. The number of benzene rings is 1. The van der Waals surface area contributed by atoms with Crippen LogP contribution in [0.1, 0.15) is 57.4 Å². The first kappa shape index (κ1) is 15.2. The molecule has 1 aromatic carbocycles. The van der Waals surface area contributed by atoms with E-state index in [2.05, 4.69) is 36.5 Å². The predicted octanol–water partition coefficient (Wildman–Crippen LogP) is 4.85. The van der Waals surface area contributed by atoms with Gasteiger partial charge in [0.15, 0.2) is 0 Å². The molecule has 0 aliphatic heterocycles. The molecule has 0 atom stereocenters. The second kappa shape index (κ2) is 10.1. The largest absolute Gasteiger partial charge is 0.376 e. The van der Waals surface area contributed by atoms with Crippen LogP contribution < -0.4 is 5.32 Å². The van der Waals surface area contributed by atoms with E-state index in [4.69, 9.17) is 12.2 Å². The van der Waals surface area contributed by atoms with Crippen molar-refractivity contribution in [1.82, 2.24) is 5.32 Å². The zero-order chi connectivity index (χ0) is 13.1. The van der Waals surface area contributed by atoms with Gasteiger partial charge < -0.3 is 5.32 Å². The van der Waals surface area contributed by atoms with Crippen LogP contribution >= 0.6 is 12.2 Å². The molecule has 0 aromatic heterocycles. The summed E-state index contributed by atoms with van der Waals surface area (Å²) in [5.41, 5.74) is 1.29. The minimum absolute atomic E-state index is 0.857. The lowest BCUT2D eigenvalue weighted by Crippen LogP contribution is -2.20. The summed E-state index contributed by atoms with van der Waals surface area (Å²) in [7, 11) is 0. The smallest absolute Gasteiger partial charge is 0.0756 e. The minimum Gasteiger partial charge on any atom is -0.376 e. The van der Waals surface area contributed by atoms with Crippen LogP contribution in [0, 0.1) is 0 Å². The molecule has 0 spiro atoms. The number of rotatable bonds is 9. The van der Waals surface area contributed by atoms with Crippen molar-refractivity contribution in [1.29, 1.82) is 0 Å². The molecule has 0 bridgehead atoms. The molecule has 0 saturated carbocycles. The van der Waals surface area contributed by atoms with Gasteiger partial charge in [-0.25, -0.2) is 0 Å². The summed E-state index contributed by atoms with van der Waals surface area (Å²) in [5, 5.41) is 3.33. The highest BCUT2D eigenvalue weighted by molar-refractivity contribution is 7.80. The molecule has 0 radical (unpaired) electrons. The molecule has 0 unspecified atom stereocenters. The van der Waals surface area contributed by atoms with Crippen molar-refractivity contribution in [3.8, 4) is 0 Å². The Morgan fingerprint density at radius 3 is 2.39 bits per heavy atom. The summed E-state index contributed by atoms with van der Waals surface area (Å²) in [6.45, 7) is 3.11. The van der Waals surface area contributed by atoms with Crippen molar-refractivity contribution in [2.45, 2.75) is 58.4 Å². The maximum atomic E-state index is 5.34. The first-order valence-corrected chi connectivity index (χ1v) is 7.54. The Kier molecular flexibility index (Phi) is 8.49. The average Bonchev–Trinajstić information content (AvgIpc) is 2.41. The van der Waals surface area contributed by atoms with Crippen LogP contribution in [0.5, 0.6) is 0 Å². The first-order valence-electron chi connectivity index (χ1n) is 7.13. The van der Waals surface area contributed by atoms with E-state index in [0.717, 1.165) is 18.0 Å². The highest BCUT2D eigenvalue weighted by Crippen LogP contribution is 2.07. The average molecular weight is 263 g/mol. The van der Waals surface area contributed by atoms with Gasteiger partial charge in [-0.1, -0.05) is 81.6 Å². The molecule has 0 heterocycles. The number of hydrogen-bond acceptors (Lipinski definition) is 1. The topological polar surface area (TPSA) is 12.0 Å². The van der Waals surface area contributed by atoms with Crippen LogP contribution in [0.4, 0.5) is 0 Å². The lowest BCUT2D eigenvalue weighted by atomic mass is 10.1. The Hall–Kier alpha value is -0.890. The quantitative estimate of drug-likeness (QED) is 0.504. The van der Waals surface area contributed by atoms with Crippen LogP contribution in [0.15, 0.2) is 30.3 Å². The molecule has 1 aromatic rings. The Balaban J connectivity index is 2.01. The Bertz CT molecular complexity index is 321. The third kappa shape index (κ3) is 7.44. The standard InChI is InChI=1S/C16H25NS/c1-2-3-4-5-6-10-13-16(18)17-14-15-11-8-7-9-12-15/h7-9,11-12H,2-6,10,13-14H2,1H3,(H,17,18). The van der Waals surface area contributed by atoms with Gasteiger partial charge in [0.1, 0.15) is 0 Å². The summed E-state index contributed by atoms with van der Waals surface area (Å²) < 4.78 is 0. The molecule has 1 nitrogen and oxygen atoms in total. The van der Waals surface area contributed by atoms with Crippen molar-refractivity contribution in [3.05, 3.63) is 35.9 Å². The highest BCUT2D eigenvalue weighted by atomic mass is 32.1. The molecule has 2 heteroatoms. The fourth-order valence-corrected chi connectivity index (χ4v) is 2.17. The lowest BCUT2D eigenvalue weighted by molar-refractivity contribution is 0.614. The van der Waals surface area contributed by atoms with E-state index in [1.54, 1.807) is 0 Å². The summed E-state index contributed by atoms with van der Waals surface area (Å²) in [5.74, 6) is 0. The molecule has 1 N–H and O–H groups in total. The van der Waals surface area contributed by atoms with Crippen LogP contribution in [0.25, 0.3) is 0 Å². The number of thiocarbonyl (C=S) groups is 1. The summed E-state index contributed by atoms with van der Waals surface area (Å²) in [6, 6.07) is 10.4. The summed E-state index contributed by atoms with van der Waals surface area (Å²) in [4.78, 5) is 1.01. The predicted molar refractivity (Wildman–Crippen MR) is 83.9 cm³/mol. The van der Waals surface area contributed by atoms with E-state index in [-0.39, 0.29) is 0 Å². The SMILES string of the molecule is CCCCCCCCC(=S)NCc1ccccc1. The third-order valence-corrected chi connectivity index (χ3v) is 3.44.